The van der Waals surface area contributed by atoms with Gasteiger partial charge < -0.3 is 14.2 Å². The summed E-state index contributed by atoms with van der Waals surface area (Å²) in [5, 5.41) is 0. The van der Waals surface area contributed by atoms with Crippen molar-refractivity contribution in [3.8, 4) is 22.4 Å². The number of esters is 1. The molecule has 5 heteroatoms. The van der Waals surface area contributed by atoms with Gasteiger partial charge in [-0.25, -0.2) is 4.79 Å². The van der Waals surface area contributed by atoms with Gasteiger partial charge in [-0.2, -0.15) is 0 Å². The van der Waals surface area contributed by atoms with Gasteiger partial charge >= 0.3 is 5.97 Å². The van der Waals surface area contributed by atoms with Crippen LogP contribution in [0.3, 0.4) is 0 Å². The third kappa shape index (κ3) is 3.25. The highest BCUT2D eigenvalue weighted by Crippen LogP contribution is 2.35. The molecule has 1 aromatic heterocycles. The van der Waals surface area contributed by atoms with Gasteiger partial charge in [0.05, 0.1) is 17.8 Å². The summed E-state index contributed by atoms with van der Waals surface area (Å²) in [7, 11) is 3.86. The van der Waals surface area contributed by atoms with E-state index in [1.807, 2.05) is 73.6 Å². The number of aromatic nitrogens is 1. The minimum Gasteiger partial charge on any atom is -0.461 e. The van der Waals surface area contributed by atoms with Crippen LogP contribution in [-0.4, -0.2) is 42.7 Å². The van der Waals surface area contributed by atoms with E-state index in [1.165, 1.54) is 0 Å². The Hall–Kier alpha value is -3.18. The van der Waals surface area contributed by atoms with Crippen molar-refractivity contribution in [2.24, 2.45) is 0 Å². The largest absolute Gasteiger partial charge is 0.461 e. The lowest BCUT2D eigenvalue weighted by atomic mass is 10.00. The maximum atomic E-state index is 13.2. The second-order valence-corrected chi connectivity index (χ2v) is 7.17. The monoisotopic (exact) mass is 374 g/mol. The Morgan fingerprint density at radius 2 is 1.75 bits per heavy atom. The van der Waals surface area contributed by atoms with E-state index in [0.717, 1.165) is 16.7 Å². The second-order valence-electron chi connectivity index (χ2n) is 7.17. The number of benzene rings is 2. The zero-order chi connectivity index (χ0) is 19.7. The number of ether oxygens (including phenoxy) is 1. The lowest BCUT2D eigenvalue weighted by molar-refractivity contribution is 0.0482. The Morgan fingerprint density at radius 3 is 2.50 bits per heavy atom. The van der Waals surface area contributed by atoms with Crippen LogP contribution in [0, 0.1) is 0 Å². The van der Waals surface area contributed by atoms with Crippen molar-refractivity contribution in [1.29, 1.82) is 0 Å². The van der Waals surface area contributed by atoms with Gasteiger partial charge in [-0.15, -0.1) is 0 Å². The number of hydrogen-bond acceptors (Lipinski definition) is 4. The second kappa shape index (κ2) is 7.44. The Labute approximate surface area is 163 Å². The number of hydrogen-bond donors (Lipinski definition) is 0. The molecule has 0 amide bonds. The molecule has 4 rings (SSSR count). The van der Waals surface area contributed by atoms with Crippen molar-refractivity contribution >= 4 is 5.97 Å². The Bertz CT molecular complexity index is 1080. The SMILES string of the molecule is CN(C)CCOC(=O)c1cc(-c2ccccc2)c(=O)n2c1-c1ccccc1C2. The fraction of sp³-hybridized carbons (Fsp3) is 0.217. The van der Waals surface area contributed by atoms with Crippen LogP contribution < -0.4 is 5.56 Å². The number of rotatable bonds is 5. The molecule has 1 aliphatic heterocycles. The first-order chi connectivity index (χ1) is 13.6. The van der Waals surface area contributed by atoms with E-state index in [2.05, 4.69) is 0 Å². The van der Waals surface area contributed by atoms with E-state index in [1.54, 1.807) is 10.6 Å². The summed E-state index contributed by atoms with van der Waals surface area (Å²) in [5.41, 5.74) is 4.24. The molecular weight excluding hydrogens is 352 g/mol. The highest BCUT2D eigenvalue weighted by Gasteiger charge is 2.28. The minimum absolute atomic E-state index is 0.0951. The first-order valence-corrected chi connectivity index (χ1v) is 9.29. The van der Waals surface area contributed by atoms with Crippen LogP contribution in [0.2, 0.25) is 0 Å². The predicted octanol–water partition coefficient (Wildman–Crippen LogP) is 3.26. The average molecular weight is 374 g/mol. The van der Waals surface area contributed by atoms with Crippen molar-refractivity contribution < 1.29 is 9.53 Å². The molecular formula is C23H22N2O3. The van der Waals surface area contributed by atoms with E-state index >= 15 is 0 Å². The van der Waals surface area contributed by atoms with E-state index in [9.17, 15) is 9.59 Å². The summed E-state index contributed by atoms with van der Waals surface area (Å²) in [6, 6.07) is 18.9. The molecule has 2 aromatic carbocycles. The number of carbonyl (C=O) groups excluding carboxylic acids is 1. The van der Waals surface area contributed by atoms with Crippen molar-refractivity contribution in [2.45, 2.75) is 6.54 Å². The zero-order valence-electron chi connectivity index (χ0n) is 16.0. The molecule has 0 fully saturated rings. The molecule has 142 valence electrons. The molecule has 0 spiro atoms. The molecule has 0 bridgehead atoms. The highest BCUT2D eigenvalue weighted by molar-refractivity contribution is 5.98. The molecule has 0 aliphatic carbocycles. The standard InChI is InChI=1S/C23H22N2O3/c1-24(2)12-13-28-23(27)20-14-19(16-8-4-3-5-9-16)22(26)25-15-17-10-6-7-11-18(17)21(20)25/h3-11,14H,12-13,15H2,1-2H3. The zero-order valence-corrected chi connectivity index (χ0v) is 16.0. The van der Waals surface area contributed by atoms with Crippen LogP contribution in [0.25, 0.3) is 22.4 Å². The lowest BCUT2D eigenvalue weighted by Gasteiger charge is -2.14. The van der Waals surface area contributed by atoms with Crippen molar-refractivity contribution in [1.82, 2.24) is 9.47 Å². The first kappa shape index (κ1) is 18.2. The molecule has 0 unspecified atom stereocenters. The van der Waals surface area contributed by atoms with Crippen molar-refractivity contribution in [3.05, 3.63) is 82.1 Å². The molecule has 1 aliphatic rings. The van der Waals surface area contributed by atoms with E-state index in [0.29, 0.717) is 36.5 Å². The number of likely N-dealkylation sites (N-methyl/N-ethyl adjacent to an activating group) is 1. The van der Waals surface area contributed by atoms with Crippen LogP contribution >= 0.6 is 0 Å². The molecule has 0 saturated heterocycles. The normalized spacial score (nSPS) is 12.0. The fourth-order valence-corrected chi connectivity index (χ4v) is 3.55. The topological polar surface area (TPSA) is 51.5 Å². The number of fused-ring (bicyclic) bond motifs is 3. The predicted molar refractivity (Wildman–Crippen MR) is 110 cm³/mol. The summed E-state index contributed by atoms with van der Waals surface area (Å²) in [5.74, 6) is -0.403. The molecule has 28 heavy (non-hydrogen) atoms. The maximum Gasteiger partial charge on any atom is 0.340 e. The van der Waals surface area contributed by atoms with Crippen LogP contribution in [0.5, 0.6) is 0 Å². The van der Waals surface area contributed by atoms with Gasteiger partial charge in [-0.1, -0.05) is 54.6 Å². The Kier molecular flexibility index (Phi) is 4.84. The van der Waals surface area contributed by atoms with Crippen LogP contribution in [0.1, 0.15) is 15.9 Å². The fourth-order valence-electron chi connectivity index (χ4n) is 3.55. The first-order valence-electron chi connectivity index (χ1n) is 9.29. The lowest BCUT2D eigenvalue weighted by Crippen LogP contribution is -2.25. The Balaban J connectivity index is 1.85. The minimum atomic E-state index is -0.403. The molecule has 0 N–H and O–H groups in total. The summed E-state index contributed by atoms with van der Waals surface area (Å²) in [4.78, 5) is 28.1. The Morgan fingerprint density at radius 1 is 1.04 bits per heavy atom. The molecule has 0 atom stereocenters. The van der Waals surface area contributed by atoms with Crippen LogP contribution in [-0.2, 0) is 11.3 Å². The van der Waals surface area contributed by atoms with Gasteiger partial charge in [0.1, 0.15) is 6.61 Å². The third-order valence-corrected chi connectivity index (χ3v) is 4.97. The maximum absolute atomic E-state index is 13.2. The number of carbonyl (C=O) groups is 1. The van der Waals surface area contributed by atoms with E-state index in [4.69, 9.17) is 4.74 Å². The third-order valence-electron chi connectivity index (χ3n) is 4.97. The summed E-state index contributed by atoms with van der Waals surface area (Å²) >= 11 is 0. The molecule has 2 heterocycles. The van der Waals surface area contributed by atoms with Gasteiger partial charge in [0, 0.05) is 17.7 Å². The van der Waals surface area contributed by atoms with Gasteiger partial charge in [-0.3, -0.25) is 4.79 Å². The van der Waals surface area contributed by atoms with Crippen LogP contribution in [0.15, 0.2) is 65.5 Å². The molecule has 5 nitrogen and oxygen atoms in total. The summed E-state index contributed by atoms with van der Waals surface area (Å²) in [6.45, 7) is 1.40. The summed E-state index contributed by atoms with van der Waals surface area (Å²) < 4.78 is 7.20. The smallest absolute Gasteiger partial charge is 0.340 e. The van der Waals surface area contributed by atoms with Gasteiger partial charge in [0.2, 0.25) is 0 Å². The molecule has 3 aromatic rings. The van der Waals surface area contributed by atoms with Crippen LogP contribution in [0.4, 0.5) is 0 Å². The van der Waals surface area contributed by atoms with Gasteiger partial charge in [0.25, 0.3) is 5.56 Å². The number of nitrogens with zero attached hydrogens (tertiary/aromatic N) is 2. The van der Waals surface area contributed by atoms with Gasteiger partial charge in [0.15, 0.2) is 0 Å². The van der Waals surface area contributed by atoms with E-state index in [-0.39, 0.29) is 5.56 Å². The van der Waals surface area contributed by atoms with Crippen molar-refractivity contribution in [2.75, 3.05) is 27.2 Å². The van der Waals surface area contributed by atoms with E-state index < -0.39 is 5.97 Å². The quantitative estimate of drug-likeness (QED) is 0.503. The summed E-state index contributed by atoms with van der Waals surface area (Å²) in [6.07, 6.45) is 0. The van der Waals surface area contributed by atoms with Gasteiger partial charge in [-0.05, 0) is 31.3 Å². The molecule has 0 saturated carbocycles. The molecule has 0 radical (unpaired) electrons. The van der Waals surface area contributed by atoms with Crippen molar-refractivity contribution in [3.63, 3.8) is 0 Å². The highest BCUT2D eigenvalue weighted by atomic mass is 16.5. The number of pyridine rings is 1. The average Bonchev–Trinajstić information content (AvgIpc) is 3.09.